The van der Waals surface area contributed by atoms with E-state index >= 15 is 0 Å². The lowest BCUT2D eigenvalue weighted by Gasteiger charge is -2.34. The maximum atomic E-state index is 11.8. The summed E-state index contributed by atoms with van der Waals surface area (Å²) in [6.07, 6.45) is 3.34. The van der Waals surface area contributed by atoms with Crippen molar-refractivity contribution in [1.29, 1.82) is 0 Å². The summed E-state index contributed by atoms with van der Waals surface area (Å²) in [5, 5.41) is 11.6. The minimum absolute atomic E-state index is 0.176. The molecule has 0 bridgehead atoms. The molecule has 1 amide bonds. The van der Waals surface area contributed by atoms with Gasteiger partial charge in [-0.2, -0.15) is 0 Å². The fourth-order valence-electron chi connectivity index (χ4n) is 2.28. The van der Waals surface area contributed by atoms with Gasteiger partial charge >= 0.3 is 5.97 Å². The van der Waals surface area contributed by atoms with Gasteiger partial charge < -0.3 is 10.4 Å². The molecule has 6 nitrogen and oxygen atoms in total. The average molecular weight is 263 g/mol. The Bertz CT molecular complexity index is 490. The predicted molar refractivity (Wildman–Crippen MR) is 68.4 cm³/mol. The molecule has 0 spiro atoms. The summed E-state index contributed by atoms with van der Waals surface area (Å²) in [5.74, 6) is -1.18. The van der Waals surface area contributed by atoms with E-state index in [1.54, 1.807) is 12.4 Å². The van der Waals surface area contributed by atoms with E-state index in [-0.39, 0.29) is 12.3 Å². The summed E-state index contributed by atoms with van der Waals surface area (Å²) >= 11 is 0. The molecule has 1 aliphatic heterocycles. The van der Waals surface area contributed by atoms with Crippen LogP contribution in [0.25, 0.3) is 0 Å². The maximum Gasteiger partial charge on any atom is 0.305 e. The van der Waals surface area contributed by atoms with Crippen molar-refractivity contribution in [3.63, 3.8) is 0 Å². The maximum absolute atomic E-state index is 11.8. The minimum Gasteiger partial charge on any atom is -0.481 e. The summed E-state index contributed by atoms with van der Waals surface area (Å²) in [5.41, 5.74) is 2.04. The topological polar surface area (TPSA) is 82.5 Å². The largest absolute Gasteiger partial charge is 0.481 e. The number of aromatic nitrogens is 1. The van der Waals surface area contributed by atoms with E-state index in [9.17, 15) is 9.59 Å². The SMILES string of the molecule is Cc1cncc(CN2CCNC(=O)C2CC(=O)O)c1. The number of carboxylic acid groups (broad SMARTS) is 1. The highest BCUT2D eigenvalue weighted by molar-refractivity contribution is 5.86. The van der Waals surface area contributed by atoms with Gasteiger partial charge in [-0.05, 0) is 18.1 Å². The molecule has 1 aromatic heterocycles. The van der Waals surface area contributed by atoms with E-state index in [0.29, 0.717) is 19.6 Å². The van der Waals surface area contributed by atoms with Crippen LogP contribution in [0.5, 0.6) is 0 Å². The van der Waals surface area contributed by atoms with Gasteiger partial charge in [-0.1, -0.05) is 6.07 Å². The van der Waals surface area contributed by atoms with E-state index in [0.717, 1.165) is 11.1 Å². The van der Waals surface area contributed by atoms with Crippen LogP contribution >= 0.6 is 0 Å². The van der Waals surface area contributed by atoms with Crippen molar-refractivity contribution in [1.82, 2.24) is 15.2 Å². The second-order valence-electron chi connectivity index (χ2n) is 4.75. The standard InChI is InChI=1S/C13H17N3O3/c1-9-4-10(7-14-6-9)8-16-3-2-15-13(19)11(16)5-12(17)18/h4,6-7,11H,2-3,5,8H2,1H3,(H,15,19)(H,17,18). The highest BCUT2D eigenvalue weighted by Crippen LogP contribution is 2.14. The zero-order valence-electron chi connectivity index (χ0n) is 10.8. The predicted octanol–water partition coefficient (Wildman–Crippen LogP) is 0.165. The van der Waals surface area contributed by atoms with Crippen molar-refractivity contribution in [3.8, 4) is 0 Å². The molecular formula is C13H17N3O3. The lowest BCUT2D eigenvalue weighted by Crippen LogP contribution is -2.55. The smallest absolute Gasteiger partial charge is 0.305 e. The highest BCUT2D eigenvalue weighted by atomic mass is 16.4. The van der Waals surface area contributed by atoms with Crippen molar-refractivity contribution in [3.05, 3.63) is 29.6 Å². The van der Waals surface area contributed by atoms with Crippen LogP contribution in [0.4, 0.5) is 0 Å². The van der Waals surface area contributed by atoms with Gasteiger partial charge in [-0.15, -0.1) is 0 Å². The van der Waals surface area contributed by atoms with Crippen LogP contribution in [0.2, 0.25) is 0 Å². The van der Waals surface area contributed by atoms with Crippen molar-refractivity contribution in [2.45, 2.75) is 25.9 Å². The Morgan fingerprint density at radius 2 is 2.37 bits per heavy atom. The van der Waals surface area contributed by atoms with Gasteiger partial charge in [0.1, 0.15) is 6.04 Å². The molecule has 2 heterocycles. The molecule has 0 saturated carbocycles. The van der Waals surface area contributed by atoms with Gasteiger partial charge in [0.05, 0.1) is 6.42 Å². The van der Waals surface area contributed by atoms with Gasteiger partial charge in [0, 0.05) is 32.0 Å². The fraction of sp³-hybridized carbons (Fsp3) is 0.462. The zero-order valence-corrected chi connectivity index (χ0v) is 10.8. The van der Waals surface area contributed by atoms with Crippen LogP contribution in [0.15, 0.2) is 18.5 Å². The lowest BCUT2D eigenvalue weighted by molar-refractivity contribution is -0.143. The van der Waals surface area contributed by atoms with Crippen molar-refractivity contribution < 1.29 is 14.7 Å². The molecular weight excluding hydrogens is 246 g/mol. The van der Waals surface area contributed by atoms with Crippen LogP contribution < -0.4 is 5.32 Å². The average Bonchev–Trinajstić information content (AvgIpc) is 2.33. The lowest BCUT2D eigenvalue weighted by atomic mass is 10.1. The zero-order chi connectivity index (χ0) is 13.8. The summed E-state index contributed by atoms with van der Waals surface area (Å²) in [6, 6.07) is 1.39. The van der Waals surface area contributed by atoms with Crippen molar-refractivity contribution in [2.75, 3.05) is 13.1 Å². The van der Waals surface area contributed by atoms with Gasteiger partial charge in [0.2, 0.25) is 5.91 Å². The van der Waals surface area contributed by atoms with Crippen LogP contribution in [-0.2, 0) is 16.1 Å². The van der Waals surface area contributed by atoms with Crippen molar-refractivity contribution in [2.24, 2.45) is 0 Å². The number of carbonyl (C=O) groups excluding carboxylic acids is 1. The van der Waals surface area contributed by atoms with E-state index in [2.05, 4.69) is 10.3 Å². The number of rotatable bonds is 4. The molecule has 1 unspecified atom stereocenters. The number of hydrogen-bond acceptors (Lipinski definition) is 4. The second kappa shape index (κ2) is 5.79. The van der Waals surface area contributed by atoms with Crippen LogP contribution in [0, 0.1) is 6.92 Å². The normalized spacial score (nSPS) is 20.1. The molecule has 1 aliphatic rings. The van der Waals surface area contributed by atoms with Gasteiger partial charge in [0.25, 0.3) is 0 Å². The van der Waals surface area contributed by atoms with Crippen LogP contribution in [0.1, 0.15) is 17.5 Å². The monoisotopic (exact) mass is 263 g/mol. The van der Waals surface area contributed by atoms with Crippen LogP contribution in [0.3, 0.4) is 0 Å². The quantitative estimate of drug-likeness (QED) is 0.809. The molecule has 1 atom stereocenters. The number of aryl methyl sites for hydroxylation is 1. The Labute approximate surface area is 111 Å². The molecule has 0 aromatic carbocycles. The Balaban J connectivity index is 2.11. The first-order chi connectivity index (χ1) is 9.06. The Morgan fingerprint density at radius 3 is 3.05 bits per heavy atom. The number of aliphatic carboxylic acids is 1. The molecule has 0 aliphatic carbocycles. The highest BCUT2D eigenvalue weighted by Gasteiger charge is 2.31. The first-order valence-electron chi connectivity index (χ1n) is 6.20. The molecule has 19 heavy (non-hydrogen) atoms. The van der Waals surface area contributed by atoms with Crippen molar-refractivity contribution >= 4 is 11.9 Å². The molecule has 0 radical (unpaired) electrons. The van der Waals surface area contributed by atoms with E-state index in [1.165, 1.54) is 0 Å². The summed E-state index contributed by atoms with van der Waals surface area (Å²) < 4.78 is 0. The number of nitrogens with zero attached hydrogens (tertiary/aromatic N) is 2. The number of nitrogens with one attached hydrogen (secondary N) is 1. The van der Waals surface area contributed by atoms with Gasteiger partial charge in [0.15, 0.2) is 0 Å². The third-order valence-corrected chi connectivity index (χ3v) is 3.13. The first-order valence-corrected chi connectivity index (χ1v) is 6.20. The van der Waals surface area contributed by atoms with Crippen LogP contribution in [-0.4, -0.2) is 46.0 Å². The molecule has 1 saturated heterocycles. The van der Waals surface area contributed by atoms with Gasteiger partial charge in [-0.25, -0.2) is 0 Å². The Hall–Kier alpha value is -1.95. The number of amides is 1. The molecule has 2 N–H and O–H groups in total. The second-order valence-corrected chi connectivity index (χ2v) is 4.75. The Kier molecular flexibility index (Phi) is 4.11. The Morgan fingerprint density at radius 1 is 1.58 bits per heavy atom. The first kappa shape index (κ1) is 13.5. The summed E-state index contributed by atoms with van der Waals surface area (Å²) in [7, 11) is 0. The number of carboxylic acids is 1. The molecule has 1 fully saturated rings. The van der Waals surface area contributed by atoms with E-state index in [4.69, 9.17) is 5.11 Å². The molecule has 1 aromatic rings. The minimum atomic E-state index is -0.964. The number of carbonyl (C=O) groups is 2. The van der Waals surface area contributed by atoms with E-state index < -0.39 is 12.0 Å². The summed E-state index contributed by atoms with van der Waals surface area (Å²) in [6.45, 7) is 3.69. The number of hydrogen-bond donors (Lipinski definition) is 2. The third-order valence-electron chi connectivity index (χ3n) is 3.13. The van der Waals surface area contributed by atoms with Gasteiger partial charge in [-0.3, -0.25) is 19.5 Å². The fourth-order valence-corrected chi connectivity index (χ4v) is 2.28. The number of pyridine rings is 1. The van der Waals surface area contributed by atoms with E-state index in [1.807, 2.05) is 17.9 Å². The number of piperazine rings is 1. The molecule has 102 valence electrons. The third kappa shape index (κ3) is 3.51. The molecule has 6 heteroatoms. The summed E-state index contributed by atoms with van der Waals surface area (Å²) in [4.78, 5) is 28.6. The molecule has 2 rings (SSSR count).